The smallest absolute Gasteiger partial charge is 0.218 e. The van der Waals surface area contributed by atoms with E-state index >= 15 is 0 Å². The van der Waals surface area contributed by atoms with Crippen LogP contribution in [0, 0.1) is 6.92 Å². The third-order valence-corrected chi connectivity index (χ3v) is 1.76. The van der Waals surface area contributed by atoms with Crippen LogP contribution in [-0.2, 0) is 0 Å². The Bertz CT molecular complexity index is 338. The molecule has 0 aromatic heterocycles. The summed E-state index contributed by atoms with van der Waals surface area (Å²) in [5.41, 5.74) is 8.53. The van der Waals surface area contributed by atoms with E-state index in [0.29, 0.717) is 10.7 Å². The lowest BCUT2D eigenvalue weighted by Crippen LogP contribution is -2.27. The molecule has 0 aliphatic heterocycles. The number of benzene rings is 1. The van der Waals surface area contributed by atoms with Crippen LogP contribution in [-0.4, -0.2) is 11.2 Å². The van der Waals surface area contributed by atoms with E-state index in [1.165, 1.54) is 0 Å². The van der Waals surface area contributed by atoms with Gasteiger partial charge < -0.3 is 5.73 Å². The number of guanidine groups is 1. The highest BCUT2D eigenvalue weighted by molar-refractivity contribution is 6.33. The van der Waals surface area contributed by atoms with Crippen LogP contribution in [0.5, 0.6) is 0 Å². The van der Waals surface area contributed by atoms with Crippen LogP contribution in [0.15, 0.2) is 23.2 Å². The number of rotatable bonds is 1. The number of hydrogen-bond acceptors (Lipinski definition) is 2. The van der Waals surface area contributed by atoms with Gasteiger partial charge >= 0.3 is 0 Å². The molecule has 13 heavy (non-hydrogen) atoms. The van der Waals surface area contributed by atoms with Crippen LogP contribution >= 0.6 is 11.6 Å². The van der Waals surface area contributed by atoms with Crippen molar-refractivity contribution in [3.8, 4) is 0 Å². The van der Waals surface area contributed by atoms with E-state index in [4.69, 9.17) is 22.5 Å². The van der Waals surface area contributed by atoms with E-state index in [1.54, 1.807) is 17.6 Å². The number of hydroxylamine groups is 1. The Kier molecular flexibility index (Phi) is 3.11. The maximum absolute atomic E-state index is 8.39. The fourth-order valence-corrected chi connectivity index (χ4v) is 1.13. The molecule has 0 aliphatic carbocycles. The van der Waals surface area contributed by atoms with Crippen molar-refractivity contribution in [1.82, 2.24) is 5.48 Å². The van der Waals surface area contributed by atoms with Crippen LogP contribution in [0.25, 0.3) is 0 Å². The Labute approximate surface area is 81.0 Å². The van der Waals surface area contributed by atoms with Crippen molar-refractivity contribution in [2.45, 2.75) is 6.92 Å². The highest BCUT2D eigenvalue weighted by atomic mass is 35.5. The number of halogens is 1. The first-order valence-electron chi connectivity index (χ1n) is 3.64. The predicted octanol–water partition coefficient (Wildman–Crippen LogP) is 1.57. The number of nitrogens with one attached hydrogen (secondary N) is 1. The van der Waals surface area contributed by atoms with Gasteiger partial charge in [0.05, 0.1) is 10.7 Å². The first-order chi connectivity index (χ1) is 6.13. The van der Waals surface area contributed by atoms with Gasteiger partial charge in [0.1, 0.15) is 0 Å². The lowest BCUT2D eigenvalue weighted by atomic mass is 10.2. The highest BCUT2D eigenvalue weighted by Crippen LogP contribution is 2.25. The molecule has 4 N–H and O–H groups in total. The number of aliphatic imine (C=N–C) groups is 1. The molecule has 0 unspecified atom stereocenters. The van der Waals surface area contributed by atoms with E-state index in [2.05, 4.69) is 4.99 Å². The van der Waals surface area contributed by atoms with Crippen LogP contribution in [0.2, 0.25) is 5.02 Å². The summed E-state index contributed by atoms with van der Waals surface area (Å²) in [6, 6.07) is 5.35. The van der Waals surface area contributed by atoms with Gasteiger partial charge in [0.25, 0.3) is 0 Å². The van der Waals surface area contributed by atoms with Gasteiger partial charge in [-0.1, -0.05) is 17.7 Å². The molecule has 0 atom stereocenters. The summed E-state index contributed by atoms with van der Waals surface area (Å²) >= 11 is 5.86. The van der Waals surface area contributed by atoms with Crippen molar-refractivity contribution < 1.29 is 5.21 Å². The number of aryl methyl sites for hydroxylation is 1. The van der Waals surface area contributed by atoms with Gasteiger partial charge in [-0.05, 0) is 24.6 Å². The molecule has 4 nitrogen and oxygen atoms in total. The lowest BCUT2D eigenvalue weighted by Gasteiger charge is -2.01. The zero-order valence-electron chi connectivity index (χ0n) is 7.08. The average molecular weight is 200 g/mol. The van der Waals surface area contributed by atoms with Gasteiger partial charge in [-0.3, -0.25) is 5.21 Å². The monoisotopic (exact) mass is 199 g/mol. The number of hydrogen-bond donors (Lipinski definition) is 3. The third-order valence-electron chi connectivity index (χ3n) is 1.46. The van der Waals surface area contributed by atoms with E-state index < -0.39 is 0 Å². The van der Waals surface area contributed by atoms with Crippen molar-refractivity contribution in [3.05, 3.63) is 28.8 Å². The lowest BCUT2D eigenvalue weighted by molar-refractivity contribution is 0.233. The molecule has 70 valence electrons. The molecule has 0 radical (unpaired) electrons. The molecule has 1 aromatic rings. The van der Waals surface area contributed by atoms with Gasteiger partial charge in [-0.25, -0.2) is 10.5 Å². The van der Waals surface area contributed by atoms with E-state index in [0.717, 1.165) is 5.56 Å². The SMILES string of the molecule is Cc1ccc(N=C(N)NO)c(Cl)c1. The minimum absolute atomic E-state index is 0.0919. The van der Waals surface area contributed by atoms with E-state index in [9.17, 15) is 0 Å². The summed E-state index contributed by atoms with van der Waals surface area (Å²) in [4.78, 5) is 3.82. The Balaban J connectivity index is 3.03. The molecule has 0 aliphatic rings. The minimum Gasteiger partial charge on any atom is -0.368 e. The third kappa shape index (κ3) is 2.61. The van der Waals surface area contributed by atoms with Gasteiger partial charge in [0, 0.05) is 0 Å². The Morgan fingerprint density at radius 3 is 2.85 bits per heavy atom. The summed E-state index contributed by atoms with van der Waals surface area (Å²) in [5.74, 6) is -0.0919. The minimum atomic E-state index is -0.0919. The number of nitrogens with two attached hydrogens (primary N) is 1. The molecule has 0 fully saturated rings. The largest absolute Gasteiger partial charge is 0.368 e. The summed E-state index contributed by atoms with van der Waals surface area (Å²) in [6.07, 6.45) is 0. The summed E-state index contributed by atoms with van der Waals surface area (Å²) in [6.45, 7) is 1.92. The van der Waals surface area contributed by atoms with Crippen LogP contribution in [0.1, 0.15) is 5.56 Å². The Morgan fingerprint density at radius 1 is 1.62 bits per heavy atom. The van der Waals surface area contributed by atoms with Crippen molar-refractivity contribution in [1.29, 1.82) is 0 Å². The van der Waals surface area contributed by atoms with Crippen LogP contribution in [0.3, 0.4) is 0 Å². The van der Waals surface area contributed by atoms with Gasteiger partial charge in [-0.15, -0.1) is 0 Å². The first kappa shape index (κ1) is 9.83. The van der Waals surface area contributed by atoms with Crippen molar-refractivity contribution in [2.24, 2.45) is 10.7 Å². The zero-order chi connectivity index (χ0) is 9.84. The second kappa shape index (κ2) is 4.11. The standard InChI is InChI=1S/C8H10ClN3O/c1-5-2-3-7(6(9)4-5)11-8(10)12-13/h2-4,13H,1H3,(H3,10,11,12). The van der Waals surface area contributed by atoms with Gasteiger partial charge in [0.15, 0.2) is 0 Å². The molecular formula is C8H10ClN3O. The highest BCUT2D eigenvalue weighted by Gasteiger charge is 1.98. The van der Waals surface area contributed by atoms with Crippen molar-refractivity contribution in [2.75, 3.05) is 0 Å². The van der Waals surface area contributed by atoms with E-state index in [1.807, 2.05) is 13.0 Å². The molecular weight excluding hydrogens is 190 g/mol. The predicted molar refractivity (Wildman–Crippen MR) is 52.4 cm³/mol. The van der Waals surface area contributed by atoms with Crippen molar-refractivity contribution >= 4 is 23.2 Å². The molecule has 1 aromatic carbocycles. The average Bonchev–Trinajstić information content (AvgIpc) is 2.09. The molecule has 0 spiro atoms. The number of nitrogens with zero attached hydrogens (tertiary/aromatic N) is 1. The zero-order valence-corrected chi connectivity index (χ0v) is 7.84. The van der Waals surface area contributed by atoms with E-state index in [-0.39, 0.29) is 5.96 Å². The molecule has 0 amide bonds. The fourth-order valence-electron chi connectivity index (χ4n) is 0.857. The molecule has 1 rings (SSSR count). The molecule has 0 heterocycles. The topological polar surface area (TPSA) is 70.6 Å². The molecule has 5 heteroatoms. The van der Waals surface area contributed by atoms with Gasteiger partial charge in [0.2, 0.25) is 5.96 Å². The second-order valence-corrected chi connectivity index (χ2v) is 2.97. The molecule has 0 bridgehead atoms. The summed E-state index contributed by atoms with van der Waals surface area (Å²) in [7, 11) is 0. The maximum Gasteiger partial charge on any atom is 0.218 e. The van der Waals surface area contributed by atoms with Gasteiger partial charge in [-0.2, -0.15) is 0 Å². The Morgan fingerprint density at radius 2 is 2.31 bits per heavy atom. The van der Waals surface area contributed by atoms with Crippen LogP contribution < -0.4 is 11.2 Å². The maximum atomic E-state index is 8.39. The molecule has 0 saturated heterocycles. The fraction of sp³-hybridized carbons (Fsp3) is 0.125. The van der Waals surface area contributed by atoms with Crippen LogP contribution in [0.4, 0.5) is 5.69 Å². The molecule has 0 saturated carbocycles. The normalized spacial score (nSPS) is 11.5. The first-order valence-corrected chi connectivity index (χ1v) is 4.01. The summed E-state index contributed by atoms with van der Waals surface area (Å²) in [5, 5.41) is 8.89. The second-order valence-electron chi connectivity index (χ2n) is 2.56. The quantitative estimate of drug-likeness (QED) is 0.365. The van der Waals surface area contributed by atoms with Crippen molar-refractivity contribution in [3.63, 3.8) is 0 Å². The Hall–Kier alpha value is -1.26. The summed E-state index contributed by atoms with van der Waals surface area (Å²) < 4.78 is 0.